The molecule has 2 aliphatic heterocycles. The number of sulfonamides is 1. The summed E-state index contributed by atoms with van der Waals surface area (Å²) in [5.74, 6) is 0.649. The number of halogens is 1. The second-order valence-electron chi connectivity index (χ2n) is 7.98. The van der Waals surface area contributed by atoms with Crippen LogP contribution in [0.25, 0.3) is 0 Å². The molecule has 8 nitrogen and oxygen atoms in total. The van der Waals surface area contributed by atoms with E-state index < -0.39 is 15.8 Å². The van der Waals surface area contributed by atoms with Gasteiger partial charge in [-0.1, -0.05) is 0 Å². The first-order valence-corrected chi connectivity index (χ1v) is 12.2. The first-order chi connectivity index (χ1) is 14.9. The van der Waals surface area contributed by atoms with Gasteiger partial charge in [-0.25, -0.2) is 22.6 Å². The molecule has 0 saturated carbocycles. The SMILES string of the molecule is O=C(NCCc1cn2c(n1)CCCC2)N1CCCN(S(=O)(=O)c2ccc(F)cc2)CC1. The van der Waals surface area contributed by atoms with E-state index >= 15 is 0 Å². The Morgan fingerprint density at radius 2 is 1.84 bits per heavy atom. The summed E-state index contributed by atoms with van der Waals surface area (Å²) in [5, 5.41) is 2.93. The minimum Gasteiger partial charge on any atom is -0.338 e. The highest BCUT2D eigenvalue weighted by atomic mass is 32.2. The van der Waals surface area contributed by atoms with Crippen molar-refractivity contribution >= 4 is 16.1 Å². The van der Waals surface area contributed by atoms with E-state index in [9.17, 15) is 17.6 Å². The number of carbonyl (C=O) groups excluding carboxylic acids is 1. The molecule has 0 unspecified atom stereocenters. The fourth-order valence-electron chi connectivity index (χ4n) is 4.09. The van der Waals surface area contributed by atoms with Crippen LogP contribution in [0.4, 0.5) is 9.18 Å². The van der Waals surface area contributed by atoms with Crippen molar-refractivity contribution in [3.05, 3.63) is 47.8 Å². The van der Waals surface area contributed by atoms with Gasteiger partial charge in [-0.05, 0) is 43.5 Å². The van der Waals surface area contributed by atoms with Crippen molar-refractivity contribution < 1.29 is 17.6 Å². The van der Waals surface area contributed by atoms with Crippen LogP contribution in [0.2, 0.25) is 0 Å². The van der Waals surface area contributed by atoms with Crippen molar-refractivity contribution in [2.75, 3.05) is 32.7 Å². The normalized spacial score (nSPS) is 17.8. The number of urea groups is 1. The fourth-order valence-corrected chi connectivity index (χ4v) is 5.56. The Balaban J connectivity index is 1.28. The van der Waals surface area contributed by atoms with Gasteiger partial charge >= 0.3 is 6.03 Å². The molecular weight excluding hydrogens is 421 g/mol. The first-order valence-electron chi connectivity index (χ1n) is 10.8. The van der Waals surface area contributed by atoms with Crippen LogP contribution in [0.3, 0.4) is 0 Å². The lowest BCUT2D eigenvalue weighted by atomic mass is 10.2. The van der Waals surface area contributed by atoms with E-state index in [1.54, 1.807) is 4.90 Å². The molecule has 1 aromatic carbocycles. The van der Waals surface area contributed by atoms with Gasteiger partial charge < -0.3 is 14.8 Å². The second kappa shape index (κ2) is 9.35. The molecule has 10 heteroatoms. The Morgan fingerprint density at radius 1 is 1.03 bits per heavy atom. The summed E-state index contributed by atoms with van der Waals surface area (Å²) in [6.45, 7) is 2.83. The zero-order chi connectivity index (χ0) is 21.8. The van der Waals surface area contributed by atoms with Crippen molar-refractivity contribution in [2.24, 2.45) is 0 Å². The average Bonchev–Trinajstić information content (AvgIpc) is 2.99. The molecule has 4 rings (SSSR count). The molecule has 2 aromatic rings. The summed E-state index contributed by atoms with van der Waals surface area (Å²) in [4.78, 5) is 18.9. The van der Waals surface area contributed by atoms with Crippen LogP contribution in [0.15, 0.2) is 35.4 Å². The molecule has 1 N–H and O–H groups in total. The van der Waals surface area contributed by atoms with Gasteiger partial charge in [0.1, 0.15) is 11.6 Å². The zero-order valence-corrected chi connectivity index (χ0v) is 18.3. The van der Waals surface area contributed by atoms with Crippen LogP contribution in [-0.4, -0.2) is 65.9 Å². The predicted molar refractivity (Wildman–Crippen MR) is 114 cm³/mol. The molecule has 31 heavy (non-hydrogen) atoms. The number of aromatic nitrogens is 2. The summed E-state index contributed by atoms with van der Waals surface area (Å²) in [5.41, 5.74) is 0.990. The van der Waals surface area contributed by atoms with E-state index in [0.717, 1.165) is 36.6 Å². The Hall–Kier alpha value is -2.46. The number of rotatable bonds is 5. The van der Waals surface area contributed by atoms with Crippen LogP contribution < -0.4 is 5.32 Å². The van der Waals surface area contributed by atoms with E-state index in [0.29, 0.717) is 39.0 Å². The maximum atomic E-state index is 13.1. The largest absolute Gasteiger partial charge is 0.338 e. The average molecular weight is 450 g/mol. The summed E-state index contributed by atoms with van der Waals surface area (Å²) in [7, 11) is -3.71. The summed E-state index contributed by atoms with van der Waals surface area (Å²) in [6.07, 6.45) is 6.66. The lowest BCUT2D eigenvalue weighted by molar-refractivity contribution is 0.200. The number of benzene rings is 1. The van der Waals surface area contributed by atoms with Gasteiger partial charge in [-0.3, -0.25) is 0 Å². The Labute approximate surface area is 182 Å². The molecule has 1 saturated heterocycles. The molecule has 0 spiro atoms. The van der Waals surface area contributed by atoms with Gasteiger partial charge in [0.25, 0.3) is 0 Å². The number of nitrogens with zero attached hydrogens (tertiary/aromatic N) is 4. The minimum atomic E-state index is -3.71. The summed E-state index contributed by atoms with van der Waals surface area (Å²) in [6, 6.07) is 4.63. The van der Waals surface area contributed by atoms with Crippen LogP contribution in [0.1, 0.15) is 30.8 Å². The topological polar surface area (TPSA) is 87.5 Å². The third kappa shape index (κ3) is 5.07. The van der Waals surface area contributed by atoms with E-state index in [2.05, 4.69) is 21.1 Å². The number of aryl methyl sites for hydroxylation is 2. The van der Waals surface area contributed by atoms with Crippen molar-refractivity contribution in [3.63, 3.8) is 0 Å². The van der Waals surface area contributed by atoms with Crippen molar-refractivity contribution in [1.82, 2.24) is 24.1 Å². The lowest BCUT2D eigenvalue weighted by Gasteiger charge is -2.22. The monoisotopic (exact) mass is 449 g/mol. The quantitative estimate of drug-likeness (QED) is 0.757. The lowest BCUT2D eigenvalue weighted by Crippen LogP contribution is -2.43. The summed E-state index contributed by atoms with van der Waals surface area (Å²) < 4.78 is 42.3. The molecule has 0 aliphatic carbocycles. The Bertz CT molecular complexity index is 999. The maximum Gasteiger partial charge on any atom is 0.317 e. The summed E-state index contributed by atoms with van der Waals surface area (Å²) >= 11 is 0. The molecule has 1 aromatic heterocycles. The van der Waals surface area contributed by atoms with Gasteiger partial charge in [0, 0.05) is 58.3 Å². The number of imidazole rings is 1. The number of hydrogen-bond donors (Lipinski definition) is 1. The van der Waals surface area contributed by atoms with Crippen LogP contribution in [-0.2, 0) is 29.4 Å². The van der Waals surface area contributed by atoms with Crippen molar-refractivity contribution in [2.45, 2.75) is 43.5 Å². The predicted octanol–water partition coefficient (Wildman–Crippen LogP) is 2.01. The van der Waals surface area contributed by atoms with Crippen molar-refractivity contribution in [3.8, 4) is 0 Å². The third-order valence-corrected chi connectivity index (χ3v) is 7.72. The maximum absolute atomic E-state index is 13.1. The minimum absolute atomic E-state index is 0.0644. The van der Waals surface area contributed by atoms with Crippen LogP contribution in [0.5, 0.6) is 0 Å². The van der Waals surface area contributed by atoms with Gasteiger partial charge in [-0.2, -0.15) is 4.31 Å². The third-order valence-electron chi connectivity index (χ3n) is 5.81. The van der Waals surface area contributed by atoms with E-state index in [1.807, 2.05) is 0 Å². The molecular formula is C21H28FN5O3S. The highest BCUT2D eigenvalue weighted by Gasteiger charge is 2.28. The number of fused-ring (bicyclic) bond motifs is 1. The fraction of sp³-hybridized carbons (Fsp3) is 0.524. The van der Waals surface area contributed by atoms with E-state index in [1.165, 1.54) is 29.3 Å². The highest BCUT2D eigenvalue weighted by Crippen LogP contribution is 2.18. The zero-order valence-electron chi connectivity index (χ0n) is 17.5. The van der Waals surface area contributed by atoms with Gasteiger partial charge in [0.05, 0.1) is 10.6 Å². The molecule has 2 aliphatic rings. The number of amides is 2. The molecule has 168 valence electrons. The first kappa shape index (κ1) is 21.8. The standard InChI is InChI=1S/C21H28FN5O3S/c22-17-5-7-19(8-6-17)31(29,30)27-13-3-12-25(14-15-27)21(28)23-10-9-18-16-26-11-2-1-4-20(26)24-18/h5-8,16H,1-4,9-15H2,(H,23,28). The van der Waals surface area contributed by atoms with Gasteiger partial charge in [0.15, 0.2) is 0 Å². The number of carbonyl (C=O) groups is 1. The Kier molecular flexibility index (Phi) is 6.57. The van der Waals surface area contributed by atoms with E-state index in [-0.39, 0.29) is 17.5 Å². The molecule has 0 radical (unpaired) electrons. The van der Waals surface area contributed by atoms with Gasteiger partial charge in [-0.15, -0.1) is 0 Å². The highest BCUT2D eigenvalue weighted by molar-refractivity contribution is 7.89. The molecule has 0 bridgehead atoms. The Morgan fingerprint density at radius 3 is 2.61 bits per heavy atom. The van der Waals surface area contributed by atoms with Crippen LogP contribution >= 0.6 is 0 Å². The smallest absolute Gasteiger partial charge is 0.317 e. The molecule has 1 fully saturated rings. The van der Waals surface area contributed by atoms with Crippen molar-refractivity contribution in [1.29, 1.82) is 0 Å². The van der Waals surface area contributed by atoms with E-state index in [4.69, 9.17) is 0 Å². The number of nitrogens with one attached hydrogen (secondary N) is 1. The molecule has 2 amide bonds. The second-order valence-corrected chi connectivity index (χ2v) is 9.92. The molecule has 0 atom stereocenters. The molecule has 3 heterocycles. The van der Waals surface area contributed by atoms with Crippen LogP contribution in [0, 0.1) is 5.82 Å². The number of hydrogen-bond acceptors (Lipinski definition) is 4. The van der Waals surface area contributed by atoms with Gasteiger partial charge in [0.2, 0.25) is 10.0 Å².